The van der Waals surface area contributed by atoms with Crippen molar-refractivity contribution >= 4 is 17.7 Å². The molecule has 0 saturated heterocycles. The molecule has 1 amide bonds. The lowest BCUT2D eigenvalue weighted by Crippen LogP contribution is -2.43. The largest absolute Gasteiger partial charge is 0.278 e. The number of unbranched alkanes of at least 4 members (excludes halogenated alkanes) is 2. The first kappa shape index (κ1) is 14.8. The van der Waals surface area contributed by atoms with Crippen molar-refractivity contribution in [1.29, 1.82) is 0 Å². The van der Waals surface area contributed by atoms with Crippen LogP contribution in [0.4, 0.5) is 0 Å². The van der Waals surface area contributed by atoms with Crippen molar-refractivity contribution in [1.82, 2.24) is 10.0 Å². The summed E-state index contributed by atoms with van der Waals surface area (Å²) in [7, 11) is 5.61. The van der Waals surface area contributed by atoms with Crippen LogP contribution in [0.5, 0.6) is 0 Å². The van der Waals surface area contributed by atoms with Crippen LogP contribution in [0.3, 0.4) is 0 Å². The van der Waals surface area contributed by atoms with E-state index >= 15 is 0 Å². The van der Waals surface area contributed by atoms with Crippen LogP contribution < -0.4 is 0 Å². The standard InChI is InChI=1S/C11H24N2OS/c1-6-7-8-9-10(15-5)11(14)13(4)12(2)3/h10H,6-9H2,1-5H3. The third kappa shape index (κ3) is 5.42. The third-order valence-electron chi connectivity index (χ3n) is 2.55. The Morgan fingerprint density at radius 1 is 1.27 bits per heavy atom. The van der Waals surface area contributed by atoms with Crippen molar-refractivity contribution < 1.29 is 4.79 Å². The zero-order valence-corrected chi connectivity index (χ0v) is 11.4. The number of rotatable bonds is 7. The number of carbonyl (C=O) groups is 1. The highest BCUT2D eigenvalue weighted by atomic mass is 32.2. The summed E-state index contributed by atoms with van der Waals surface area (Å²) in [5.74, 6) is 0.212. The van der Waals surface area contributed by atoms with Crippen LogP contribution in [0.1, 0.15) is 32.6 Å². The molecule has 0 spiro atoms. The Bertz CT molecular complexity index is 185. The van der Waals surface area contributed by atoms with Crippen molar-refractivity contribution in [3.05, 3.63) is 0 Å². The third-order valence-corrected chi connectivity index (χ3v) is 3.56. The number of hydrazine groups is 1. The van der Waals surface area contributed by atoms with E-state index < -0.39 is 0 Å². The van der Waals surface area contributed by atoms with Crippen LogP contribution in [-0.4, -0.2) is 48.6 Å². The van der Waals surface area contributed by atoms with Gasteiger partial charge in [-0.25, -0.2) is 5.01 Å². The van der Waals surface area contributed by atoms with Gasteiger partial charge in [0.05, 0.1) is 5.25 Å². The van der Waals surface area contributed by atoms with Crippen molar-refractivity contribution in [3.63, 3.8) is 0 Å². The first-order chi connectivity index (χ1) is 7.04. The maximum atomic E-state index is 12.0. The summed E-state index contributed by atoms with van der Waals surface area (Å²) in [5, 5.41) is 3.63. The van der Waals surface area contributed by atoms with Gasteiger partial charge in [0.1, 0.15) is 0 Å². The van der Waals surface area contributed by atoms with Crippen LogP contribution >= 0.6 is 11.8 Å². The van der Waals surface area contributed by atoms with Gasteiger partial charge in [-0.05, 0) is 12.7 Å². The maximum Gasteiger partial charge on any atom is 0.249 e. The topological polar surface area (TPSA) is 23.6 Å². The van der Waals surface area contributed by atoms with Gasteiger partial charge in [-0.15, -0.1) is 0 Å². The fourth-order valence-corrected chi connectivity index (χ4v) is 2.08. The van der Waals surface area contributed by atoms with Crippen LogP contribution in [-0.2, 0) is 4.79 Å². The Morgan fingerprint density at radius 2 is 1.87 bits per heavy atom. The molecule has 0 saturated carbocycles. The highest BCUT2D eigenvalue weighted by molar-refractivity contribution is 7.99. The van der Waals surface area contributed by atoms with Crippen LogP contribution in [0.2, 0.25) is 0 Å². The van der Waals surface area contributed by atoms with Crippen LogP contribution in [0.15, 0.2) is 0 Å². The summed E-state index contributed by atoms with van der Waals surface area (Å²) in [6, 6.07) is 0. The van der Waals surface area contributed by atoms with E-state index in [1.807, 2.05) is 32.4 Å². The molecule has 1 unspecified atom stereocenters. The smallest absolute Gasteiger partial charge is 0.249 e. The second-order valence-electron chi connectivity index (χ2n) is 3.93. The SMILES string of the molecule is CCCCCC(SC)C(=O)N(C)N(C)C. The quantitative estimate of drug-likeness (QED) is 0.497. The number of thioether (sulfide) groups is 1. The van der Waals surface area contributed by atoms with E-state index in [0.29, 0.717) is 0 Å². The molecule has 4 heteroatoms. The zero-order valence-electron chi connectivity index (χ0n) is 10.6. The van der Waals surface area contributed by atoms with Crippen LogP contribution in [0.25, 0.3) is 0 Å². The van der Waals surface area contributed by atoms with Crippen molar-refractivity contribution in [2.45, 2.75) is 37.9 Å². The Morgan fingerprint density at radius 3 is 2.27 bits per heavy atom. The van der Waals surface area contributed by atoms with E-state index in [9.17, 15) is 4.79 Å². The normalized spacial score (nSPS) is 12.9. The van der Waals surface area contributed by atoms with E-state index in [-0.39, 0.29) is 11.2 Å². The van der Waals surface area contributed by atoms with Crippen LogP contribution in [0, 0.1) is 0 Å². The second kappa shape index (κ2) is 7.99. The zero-order chi connectivity index (χ0) is 11.8. The molecule has 0 aliphatic carbocycles. The lowest BCUT2D eigenvalue weighted by Gasteiger charge is -2.27. The molecule has 0 aliphatic rings. The number of nitrogens with zero attached hydrogens (tertiary/aromatic N) is 2. The van der Waals surface area contributed by atoms with E-state index in [0.717, 1.165) is 12.8 Å². The molecule has 0 aliphatic heterocycles. The Kier molecular flexibility index (Phi) is 7.88. The molecule has 0 bridgehead atoms. The Hall–Kier alpha value is -0.220. The van der Waals surface area contributed by atoms with Gasteiger partial charge in [0.25, 0.3) is 0 Å². The summed E-state index contributed by atoms with van der Waals surface area (Å²) >= 11 is 1.66. The monoisotopic (exact) mass is 232 g/mol. The highest BCUT2D eigenvalue weighted by Gasteiger charge is 2.21. The predicted molar refractivity (Wildman–Crippen MR) is 67.9 cm³/mol. The summed E-state index contributed by atoms with van der Waals surface area (Å²) in [5.41, 5.74) is 0. The van der Waals surface area contributed by atoms with Gasteiger partial charge >= 0.3 is 0 Å². The molecule has 3 nitrogen and oxygen atoms in total. The molecule has 0 aromatic heterocycles. The molecule has 1 atom stereocenters. The minimum absolute atomic E-state index is 0.115. The number of hydrogen-bond donors (Lipinski definition) is 0. The van der Waals surface area contributed by atoms with Gasteiger partial charge < -0.3 is 0 Å². The summed E-state index contributed by atoms with van der Waals surface area (Å²) in [6.45, 7) is 2.18. The molecule has 0 heterocycles. The number of carbonyl (C=O) groups excluding carboxylic acids is 1. The van der Waals surface area contributed by atoms with Gasteiger partial charge in [0, 0.05) is 21.1 Å². The van der Waals surface area contributed by atoms with Crippen molar-refractivity contribution in [2.75, 3.05) is 27.4 Å². The first-order valence-electron chi connectivity index (χ1n) is 5.52. The summed E-state index contributed by atoms with van der Waals surface area (Å²) in [4.78, 5) is 12.0. The highest BCUT2D eigenvalue weighted by Crippen LogP contribution is 2.17. The van der Waals surface area contributed by atoms with Gasteiger partial charge in [0.15, 0.2) is 0 Å². The van der Waals surface area contributed by atoms with Crippen molar-refractivity contribution in [2.24, 2.45) is 0 Å². The lowest BCUT2D eigenvalue weighted by molar-refractivity contribution is -0.141. The second-order valence-corrected chi connectivity index (χ2v) is 4.97. The molecule has 0 aromatic rings. The molecular formula is C11H24N2OS. The van der Waals surface area contributed by atoms with E-state index in [4.69, 9.17) is 0 Å². The summed E-state index contributed by atoms with van der Waals surface area (Å²) < 4.78 is 0. The van der Waals surface area contributed by atoms with E-state index in [1.165, 1.54) is 12.8 Å². The molecular weight excluding hydrogens is 208 g/mol. The maximum absolute atomic E-state index is 12.0. The fraction of sp³-hybridized carbons (Fsp3) is 0.909. The molecule has 0 N–H and O–H groups in total. The molecule has 0 rings (SSSR count). The molecule has 0 fully saturated rings. The van der Waals surface area contributed by atoms with Gasteiger partial charge in [-0.2, -0.15) is 11.8 Å². The average Bonchev–Trinajstić information content (AvgIpc) is 2.22. The lowest BCUT2D eigenvalue weighted by atomic mass is 10.1. The molecule has 15 heavy (non-hydrogen) atoms. The van der Waals surface area contributed by atoms with Gasteiger partial charge in [-0.1, -0.05) is 26.2 Å². The van der Waals surface area contributed by atoms with Gasteiger partial charge in [0.2, 0.25) is 5.91 Å². The van der Waals surface area contributed by atoms with Crippen molar-refractivity contribution in [3.8, 4) is 0 Å². The molecule has 90 valence electrons. The minimum Gasteiger partial charge on any atom is -0.278 e. The minimum atomic E-state index is 0.115. The molecule has 0 radical (unpaired) electrons. The fourth-order valence-electron chi connectivity index (χ4n) is 1.33. The number of hydrogen-bond acceptors (Lipinski definition) is 3. The molecule has 0 aromatic carbocycles. The van der Waals surface area contributed by atoms with E-state index in [2.05, 4.69) is 6.92 Å². The number of amides is 1. The summed E-state index contributed by atoms with van der Waals surface area (Å²) in [6.07, 6.45) is 6.58. The Labute approximate surface area is 98.2 Å². The van der Waals surface area contributed by atoms with E-state index in [1.54, 1.807) is 16.8 Å². The van der Waals surface area contributed by atoms with Gasteiger partial charge in [-0.3, -0.25) is 9.80 Å². The average molecular weight is 232 g/mol. The predicted octanol–water partition coefficient (Wildman–Crippen LogP) is 2.23. The first-order valence-corrected chi connectivity index (χ1v) is 6.81. The Balaban J connectivity index is 4.09.